The molecule has 0 aliphatic carbocycles. The first-order chi connectivity index (χ1) is 12.7. The Balaban J connectivity index is 1.82. The van der Waals surface area contributed by atoms with Gasteiger partial charge in [0.15, 0.2) is 0 Å². The van der Waals surface area contributed by atoms with Crippen LogP contribution in [0.2, 0.25) is 5.02 Å². The summed E-state index contributed by atoms with van der Waals surface area (Å²) in [5, 5.41) is 3.12. The van der Waals surface area contributed by atoms with Gasteiger partial charge in [0.2, 0.25) is 15.9 Å². The van der Waals surface area contributed by atoms with Gasteiger partial charge >= 0.3 is 0 Å². The molecule has 2 N–H and O–H groups in total. The molecule has 6 nitrogen and oxygen atoms in total. The molecule has 2 rings (SSSR count). The van der Waals surface area contributed by atoms with E-state index in [1.165, 1.54) is 7.11 Å². The molecule has 0 atom stereocenters. The van der Waals surface area contributed by atoms with Crippen LogP contribution in [-0.4, -0.2) is 28.0 Å². The highest BCUT2D eigenvalue weighted by Gasteiger charge is 2.14. The molecule has 27 heavy (non-hydrogen) atoms. The van der Waals surface area contributed by atoms with Crippen molar-refractivity contribution >= 4 is 33.2 Å². The standard InChI is InChI=1S/C19H23ClN2O4S/c1-13-6-8-16(11-14(13)2)27(24,25)21-10-4-5-19(23)22-15-7-9-18(26-3)17(20)12-15/h6-9,11-12,21H,4-5,10H2,1-3H3,(H,22,23). The van der Waals surface area contributed by atoms with E-state index in [0.717, 1.165) is 11.1 Å². The van der Waals surface area contributed by atoms with Crippen LogP contribution in [0.1, 0.15) is 24.0 Å². The Bertz CT molecular complexity index is 929. The van der Waals surface area contributed by atoms with Crippen LogP contribution in [0.4, 0.5) is 5.69 Å². The summed E-state index contributed by atoms with van der Waals surface area (Å²) >= 11 is 6.02. The van der Waals surface area contributed by atoms with Gasteiger partial charge < -0.3 is 10.1 Å². The van der Waals surface area contributed by atoms with Crippen molar-refractivity contribution in [1.29, 1.82) is 0 Å². The first-order valence-corrected chi connectivity index (χ1v) is 10.3. The van der Waals surface area contributed by atoms with Crippen LogP contribution in [0.25, 0.3) is 0 Å². The zero-order valence-corrected chi connectivity index (χ0v) is 17.1. The Labute approximate surface area is 164 Å². The van der Waals surface area contributed by atoms with E-state index in [0.29, 0.717) is 22.9 Å². The van der Waals surface area contributed by atoms with E-state index < -0.39 is 10.0 Å². The minimum atomic E-state index is -3.58. The summed E-state index contributed by atoms with van der Waals surface area (Å²) in [6.07, 6.45) is 0.554. The number of carbonyl (C=O) groups is 1. The number of hydrogen-bond donors (Lipinski definition) is 2. The lowest BCUT2D eigenvalue weighted by Crippen LogP contribution is -2.26. The zero-order chi connectivity index (χ0) is 20.0. The molecule has 0 aliphatic rings. The van der Waals surface area contributed by atoms with Gasteiger partial charge in [-0.25, -0.2) is 13.1 Å². The lowest BCUT2D eigenvalue weighted by Gasteiger charge is -2.10. The fraction of sp³-hybridized carbons (Fsp3) is 0.316. The number of anilines is 1. The molecular weight excluding hydrogens is 388 g/mol. The van der Waals surface area contributed by atoms with Gasteiger partial charge in [0.25, 0.3) is 0 Å². The number of rotatable bonds is 8. The Hall–Kier alpha value is -2.09. The molecule has 0 aromatic heterocycles. The fourth-order valence-corrected chi connectivity index (χ4v) is 3.80. The van der Waals surface area contributed by atoms with E-state index in [9.17, 15) is 13.2 Å². The van der Waals surface area contributed by atoms with E-state index in [1.807, 2.05) is 13.8 Å². The molecule has 0 unspecified atom stereocenters. The van der Waals surface area contributed by atoms with Crippen LogP contribution in [0.5, 0.6) is 5.75 Å². The van der Waals surface area contributed by atoms with Crippen LogP contribution in [0.3, 0.4) is 0 Å². The van der Waals surface area contributed by atoms with Gasteiger partial charge in [0, 0.05) is 18.7 Å². The lowest BCUT2D eigenvalue weighted by atomic mass is 10.1. The summed E-state index contributed by atoms with van der Waals surface area (Å²) in [6.45, 7) is 3.96. The van der Waals surface area contributed by atoms with Crippen molar-refractivity contribution < 1.29 is 17.9 Å². The number of halogens is 1. The molecule has 0 fully saturated rings. The molecule has 0 radical (unpaired) electrons. The van der Waals surface area contributed by atoms with E-state index >= 15 is 0 Å². The Morgan fingerprint density at radius 2 is 1.85 bits per heavy atom. The quantitative estimate of drug-likeness (QED) is 0.650. The van der Waals surface area contributed by atoms with Crippen LogP contribution in [-0.2, 0) is 14.8 Å². The Morgan fingerprint density at radius 3 is 2.48 bits per heavy atom. The Morgan fingerprint density at radius 1 is 1.11 bits per heavy atom. The van der Waals surface area contributed by atoms with Crippen molar-refractivity contribution in [2.45, 2.75) is 31.6 Å². The zero-order valence-electron chi connectivity index (χ0n) is 15.5. The van der Waals surface area contributed by atoms with Crippen molar-refractivity contribution in [3.05, 3.63) is 52.5 Å². The van der Waals surface area contributed by atoms with Crippen molar-refractivity contribution in [2.24, 2.45) is 0 Å². The van der Waals surface area contributed by atoms with Crippen molar-refractivity contribution in [2.75, 3.05) is 19.0 Å². The molecule has 0 bridgehead atoms. The number of methoxy groups -OCH3 is 1. The third-order valence-corrected chi connectivity index (χ3v) is 5.85. The van der Waals surface area contributed by atoms with Gasteiger partial charge in [0.1, 0.15) is 5.75 Å². The van der Waals surface area contributed by atoms with Crippen molar-refractivity contribution in [3.8, 4) is 5.75 Å². The number of sulfonamides is 1. The topological polar surface area (TPSA) is 84.5 Å². The van der Waals surface area contributed by atoms with E-state index in [-0.39, 0.29) is 23.8 Å². The molecule has 2 aromatic rings. The fourth-order valence-electron chi connectivity index (χ4n) is 2.39. The SMILES string of the molecule is COc1ccc(NC(=O)CCCNS(=O)(=O)c2ccc(C)c(C)c2)cc1Cl. The number of carbonyl (C=O) groups excluding carboxylic acids is 1. The number of ether oxygens (including phenoxy) is 1. The summed E-state index contributed by atoms with van der Waals surface area (Å²) in [5.41, 5.74) is 2.50. The molecule has 0 saturated carbocycles. The first kappa shape index (κ1) is 21.2. The summed E-state index contributed by atoms with van der Waals surface area (Å²) in [6, 6.07) is 9.93. The smallest absolute Gasteiger partial charge is 0.240 e. The summed E-state index contributed by atoms with van der Waals surface area (Å²) in [5.74, 6) is 0.303. The average Bonchev–Trinajstić information content (AvgIpc) is 2.61. The van der Waals surface area contributed by atoms with Gasteiger partial charge in [-0.15, -0.1) is 0 Å². The van der Waals surface area contributed by atoms with Gasteiger partial charge in [-0.1, -0.05) is 17.7 Å². The molecule has 0 spiro atoms. The highest BCUT2D eigenvalue weighted by Crippen LogP contribution is 2.27. The third-order valence-electron chi connectivity index (χ3n) is 4.10. The second-order valence-corrected chi connectivity index (χ2v) is 8.32. The number of hydrogen-bond acceptors (Lipinski definition) is 4. The molecule has 1 amide bonds. The van der Waals surface area contributed by atoms with Crippen LogP contribution in [0, 0.1) is 13.8 Å². The number of aryl methyl sites for hydroxylation is 2. The van der Waals surface area contributed by atoms with Crippen molar-refractivity contribution in [3.63, 3.8) is 0 Å². The van der Waals surface area contributed by atoms with Crippen LogP contribution >= 0.6 is 11.6 Å². The second-order valence-electron chi connectivity index (χ2n) is 6.14. The van der Waals surface area contributed by atoms with E-state index in [4.69, 9.17) is 16.3 Å². The van der Waals surface area contributed by atoms with Gasteiger partial charge in [-0.05, 0) is 61.7 Å². The molecule has 0 heterocycles. The van der Waals surface area contributed by atoms with Gasteiger partial charge in [0.05, 0.1) is 17.0 Å². The number of amides is 1. The number of benzene rings is 2. The first-order valence-electron chi connectivity index (χ1n) is 8.43. The highest BCUT2D eigenvalue weighted by atomic mass is 35.5. The maximum absolute atomic E-state index is 12.3. The van der Waals surface area contributed by atoms with Crippen molar-refractivity contribution in [1.82, 2.24) is 4.72 Å². The molecule has 0 aliphatic heterocycles. The largest absolute Gasteiger partial charge is 0.495 e. The minimum absolute atomic E-state index is 0.173. The number of nitrogens with one attached hydrogen (secondary N) is 2. The van der Waals surface area contributed by atoms with E-state index in [2.05, 4.69) is 10.0 Å². The van der Waals surface area contributed by atoms with Gasteiger partial charge in [-0.2, -0.15) is 0 Å². The average molecular weight is 411 g/mol. The molecular formula is C19H23ClN2O4S. The normalized spacial score (nSPS) is 11.3. The minimum Gasteiger partial charge on any atom is -0.495 e. The van der Waals surface area contributed by atoms with E-state index in [1.54, 1.807) is 36.4 Å². The van der Waals surface area contributed by atoms with Crippen LogP contribution < -0.4 is 14.8 Å². The Kier molecular flexibility index (Phi) is 7.24. The summed E-state index contributed by atoms with van der Waals surface area (Å²) in [4.78, 5) is 12.2. The van der Waals surface area contributed by atoms with Gasteiger partial charge in [-0.3, -0.25) is 4.79 Å². The third kappa shape index (κ3) is 5.95. The second kappa shape index (κ2) is 9.21. The molecule has 146 valence electrons. The maximum Gasteiger partial charge on any atom is 0.240 e. The van der Waals surface area contributed by atoms with Crippen LogP contribution in [0.15, 0.2) is 41.3 Å². The maximum atomic E-state index is 12.3. The monoisotopic (exact) mass is 410 g/mol. The summed E-state index contributed by atoms with van der Waals surface area (Å²) in [7, 11) is -2.07. The predicted molar refractivity (Wildman–Crippen MR) is 107 cm³/mol. The molecule has 2 aromatic carbocycles. The molecule has 8 heteroatoms. The highest BCUT2D eigenvalue weighted by molar-refractivity contribution is 7.89. The lowest BCUT2D eigenvalue weighted by molar-refractivity contribution is -0.116. The molecule has 0 saturated heterocycles. The predicted octanol–water partition coefficient (Wildman–Crippen LogP) is 3.66. The summed E-state index contributed by atoms with van der Waals surface area (Å²) < 4.78 is 32.2.